The Labute approximate surface area is 126 Å². The van der Waals surface area contributed by atoms with Crippen LogP contribution in [-0.4, -0.2) is 29.0 Å². The molecule has 3 heteroatoms. The second kappa shape index (κ2) is 5.54. The van der Waals surface area contributed by atoms with Crippen LogP contribution in [0.1, 0.15) is 31.7 Å². The Bertz CT molecular complexity index is 558. The average molecular weight is 283 g/mol. The lowest BCUT2D eigenvalue weighted by atomic mass is 10.0. The highest BCUT2D eigenvalue weighted by Gasteiger charge is 2.46. The van der Waals surface area contributed by atoms with Crippen LogP contribution in [-0.2, 0) is 16.1 Å². The molecule has 1 aliphatic carbocycles. The predicted octanol–water partition coefficient (Wildman–Crippen LogP) is 2.61. The number of likely N-dealkylation sites (tertiary alicyclic amines) is 1. The number of ether oxygens (including phenoxy) is 1. The minimum Gasteiger partial charge on any atom is -0.369 e. The third-order valence-corrected chi connectivity index (χ3v) is 4.34. The van der Waals surface area contributed by atoms with Crippen LogP contribution < -0.4 is 0 Å². The Hall–Kier alpha value is -1.79. The van der Waals surface area contributed by atoms with E-state index in [1.165, 1.54) is 0 Å². The molecule has 0 unspecified atom stereocenters. The van der Waals surface area contributed by atoms with Crippen LogP contribution in [0.5, 0.6) is 0 Å². The summed E-state index contributed by atoms with van der Waals surface area (Å²) in [4.78, 5) is 14.2. The van der Waals surface area contributed by atoms with Crippen LogP contribution in [0.4, 0.5) is 0 Å². The first-order valence-corrected chi connectivity index (χ1v) is 7.56. The highest BCUT2D eigenvalue weighted by molar-refractivity contribution is 5.82. The standard InChI is InChI=1S/C18H21NO2/c1-3-16-11-18(2,13-19(16)17(20)15-9-10-15)21-12-14-7-5-4-6-8-14/h1,4-8,15-16H,9-13H2,2H3/t16-,18-/m0/s1. The van der Waals surface area contributed by atoms with Gasteiger partial charge in [-0.2, -0.15) is 0 Å². The molecule has 3 rings (SSSR count). The molecule has 21 heavy (non-hydrogen) atoms. The van der Waals surface area contributed by atoms with Gasteiger partial charge in [-0.25, -0.2) is 0 Å². The fourth-order valence-electron chi connectivity index (χ4n) is 2.94. The maximum atomic E-state index is 12.3. The molecule has 1 heterocycles. The first kappa shape index (κ1) is 14.2. The molecule has 1 aromatic rings. The van der Waals surface area contributed by atoms with Gasteiger partial charge in [-0.15, -0.1) is 6.42 Å². The summed E-state index contributed by atoms with van der Waals surface area (Å²) in [5.41, 5.74) is 0.792. The van der Waals surface area contributed by atoms with E-state index in [9.17, 15) is 4.79 Å². The van der Waals surface area contributed by atoms with Crippen LogP contribution in [0.15, 0.2) is 30.3 Å². The smallest absolute Gasteiger partial charge is 0.226 e. The molecule has 3 nitrogen and oxygen atoms in total. The number of carbonyl (C=O) groups excluding carboxylic acids is 1. The molecule has 2 aliphatic rings. The zero-order chi connectivity index (χ0) is 14.9. The van der Waals surface area contributed by atoms with E-state index in [-0.39, 0.29) is 23.5 Å². The molecule has 0 bridgehead atoms. The lowest BCUT2D eigenvalue weighted by Crippen LogP contribution is -2.38. The molecule has 2 fully saturated rings. The second-order valence-corrected chi connectivity index (χ2v) is 6.35. The van der Waals surface area contributed by atoms with Crippen molar-refractivity contribution in [1.82, 2.24) is 4.90 Å². The van der Waals surface area contributed by atoms with Crippen molar-refractivity contribution in [2.45, 2.75) is 44.4 Å². The molecule has 1 amide bonds. The summed E-state index contributed by atoms with van der Waals surface area (Å²) in [6, 6.07) is 9.96. The van der Waals surface area contributed by atoms with Crippen LogP contribution in [0, 0.1) is 18.3 Å². The van der Waals surface area contributed by atoms with Crippen molar-refractivity contribution in [3.63, 3.8) is 0 Å². The second-order valence-electron chi connectivity index (χ2n) is 6.35. The summed E-state index contributed by atoms with van der Waals surface area (Å²) in [6.45, 7) is 3.21. The lowest BCUT2D eigenvalue weighted by Gasteiger charge is -2.25. The highest BCUT2D eigenvalue weighted by atomic mass is 16.5. The van der Waals surface area contributed by atoms with Gasteiger partial charge in [0.25, 0.3) is 0 Å². The third-order valence-electron chi connectivity index (χ3n) is 4.34. The van der Waals surface area contributed by atoms with E-state index in [2.05, 4.69) is 12.8 Å². The normalized spacial score (nSPS) is 28.4. The van der Waals surface area contributed by atoms with Gasteiger partial charge >= 0.3 is 0 Å². The summed E-state index contributed by atoms with van der Waals surface area (Å²) in [6.07, 6.45) is 8.34. The summed E-state index contributed by atoms with van der Waals surface area (Å²) in [5.74, 6) is 3.17. The quantitative estimate of drug-likeness (QED) is 0.795. The van der Waals surface area contributed by atoms with E-state index in [0.717, 1.165) is 24.8 Å². The predicted molar refractivity (Wildman–Crippen MR) is 81.3 cm³/mol. The van der Waals surface area contributed by atoms with E-state index in [1.807, 2.05) is 35.2 Å². The number of rotatable bonds is 4. The molecule has 1 saturated carbocycles. The fourth-order valence-corrected chi connectivity index (χ4v) is 2.94. The first-order chi connectivity index (χ1) is 10.1. The molecule has 1 aromatic carbocycles. The molecular formula is C18H21NO2. The molecule has 110 valence electrons. The topological polar surface area (TPSA) is 29.5 Å². The van der Waals surface area contributed by atoms with Crippen molar-refractivity contribution in [1.29, 1.82) is 0 Å². The number of carbonyl (C=O) groups is 1. The summed E-state index contributed by atoms with van der Waals surface area (Å²) in [7, 11) is 0. The minimum atomic E-state index is -0.350. The Morgan fingerprint density at radius 2 is 2.14 bits per heavy atom. The van der Waals surface area contributed by atoms with Crippen molar-refractivity contribution in [3.8, 4) is 12.3 Å². The van der Waals surface area contributed by atoms with E-state index in [1.54, 1.807) is 0 Å². The lowest BCUT2D eigenvalue weighted by molar-refractivity contribution is -0.133. The largest absolute Gasteiger partial charge is 0.369 e. The number of hydrogen-bond acceptors (Lipinski definition) is 2. The Kier molecular flexibility index (Phi) is 3.73. The van der Waals surface area contributed by atoms with E-state index in [0.29, 0.717) is 13.2 Å². The van der Waals surface area contributed by atoms with Crippen LogP contribution in [0.2, 0.25) is 0 Å². The molecule has 0 radical (unpaired) electrons. The number of amides is 1. The summed E-state index contributed by atoms with van der Waals surface area (Å²) >= 11 is 0. The SMILES string of the molecule is C#C[C@H]1C[C@](C)(OCc2ccccc2)CN1C(=O)C1CC1. The van der Waals surface area contributed by atoms with Crippen molar-refractivity contribution < 1.29 is 9.53 Å². The van der Waals surface area contributed by atoms with Crippen LogP contribution in [0.3, 0.4) is 0 Å². The van der Waals surface area contributed by atoms with Gasteiger partial charge in [-0.05, 0) is 25.3 Å². The maximum Gasteiger partial charge on any atom is 0.226 e. The zero-order valence-corrected chi connectivity index (χ0v) is 12.4. The van der Waals surface area contributed by atoms with Crippen molar-refractivity contribution >= 4 is 5.91 Å². The molecule has 2 atom stereocenters. The van der Waals surface area contributed by atoms with Gasteiger partial charge in [0.15, 0.2) is 0 Å². The first-order valence-electron chi connectivity index (χ1n) is 7.56. The fraction of sp³-hybridized carbons (Fsp3) is 0.500. The number of nitrogens with zero attached hydrogens (tertiary/aromatic N) is 1. The van der Waals surface area contributed by atoms with Crippen LogP contribution in [0.25, 0.3) is 0 Å². The van der Waals surface area contributed by atoms with Gasteiger partial charge in [0.1, 0.15) is 0 Å². The highest BCUT2D eigenvalue weighted by Crippen LogP contribution is 2.37. The van der Waals surface area contributed by atoms with Gasteiger partial charge < -0.3 is 9.64 Å². The van der Waals surface area contributed by atoms with Gasteiger partial charge in [0, 0.05) is 12.3 Å². The summed E-state index contributed by atoms with van der Waals surface area (Å²) in [5, 5.41) is 0. The Morgan fingerprint density at radius 1 is 1.43 bits per heavy atom. The maximum absolute atomic E-state index is 12.3. The van der Waals surface area contributed by atoms with Crippen LogP contribution >= 0.6 is 0 Å². The third kappa shape index (κ3) is 3.11. The summed E-state index contributed by atoms with van der Waals surface area (Å²) < 4.78 is 6.10. The molecular weight excluding hydrogens is 262 g/mol. The molecule has 1 aliphatic heterocycles. The monoisotopic (exact) mass is 283 g/mol. The van der Waals surface area contributed by atoms with Gasteiger partial charge in [-0.3, -0.25) is 4.79 Å². The zero-order valence-electron chi connectivity index (χ0n) is 12.4. The molecule has 0 aromatic heterocycles. The Balaban J connectivity index is 1.65. The van der Waals surface area contributed by atoms with E-state index < -0.39 is 0 Å². The molecule has 0 N–H and O–H groups in total. The Morgan fingerprint density at radius 3 is 2.76 bits per heavy atom. The number of benzene rings is 1. The minimum absolute atomic E-state index is 0.126. The average Bonchev–Trinajstić information content (AvgIpc) is 3.29. The van der Waals surface area contributed by atoms with Crippen molar-refractivity contribution in [2.75, 3.05) is 6.54 Å². The number of hydrogen-bond donors (Lipinski definition) is 0. The van der Waals surface area contributed by atoms with Gasteiger partial charge in [-0.1, -0.05) is 36.3 Å². The van der Waals surface area contributed by atoms with E-state index in [4.69, 9.17) is 11.2 Å². The van der Waals surface area contributed by atoms with Gasteiger partial charge in [0.2, 0.25) is 5.91 Å². The van der Waals surface area contributed by atoms with Gasteiger partial charge in [0.05, 0.1) is 24.8 Å². The van der Waals surface area contributed by atoms with E-state index >= 15 is 0 Å². The molecule has 0 spiro atoms. The number of terminal acetylenes is 1. The van der Waals surface area contributed by atoms with Crippen molar-refractivity contribution in [3.05, 3.63) is 35.9 Å². The van der Waals surface area contributed by atoms with Crippen molar-refractivity contribution in [2.24, 2.45) is 5.92 Å². The molecule has 1 saturated heterocycles.